The first-order valence-corrected chi connectivity index (χ1v) is 12.2. The van der Waals surface area contributed by atoms with E-state index in [4.69, 9.17) is 4.74 Å². The standard InChI is InChI=1S/C26H32F3N3O4/c1-16-17(2)23(36-20(14-33)15-34)8-7-21(16)22-5-3-4-19-13-31(10-11-32(19)22)25(35)18-6-9-24(30-12-18)26(27,28)29/h6-9,12,19-20,22,33-34H,3-5,10-11,13-15H2,1-2H3/t19?,22-/m1/s1. The van der Waals surface area contributed by atoms with E-state index < -0.39 is 18.0 Å². The summed E-state index contributed by atoms with van der Waals surface area (Å²) in [7, 11) is 0. The number of rotatable bonds is 6. The molecule has 1 unspecified atom stereocenters. The molecule has 3 heterocycles. The molecule has 2 aliphatic rings. The molecule has 1 aromatic heterocycles. The Labute approximate surface area is 208 Å². The number of nitrogens with zero attached hydrogens (tertiary/aromatic N) is 3. The van der Waals surface area contributed by atoms with Crippen molar-refractivity contribution in [2.75, 3.05) is 32.8 Å². The lowest BCUT2D eigenvalue weighted by atomic mass is 9.86. The molecule has 2 atom stereocenters. The first kappa shape index (κ1) is 26.4. The van der Waals surface area contributed by atoms with Crippen LogP contribution in [0.1, 0.15) is 58.0 Å². The van der Waals surface area contributed by atoms with E-state index in [1.807, 2.05) is 26.0 Å². The van der Waals surface area contributed by atoms with Gasteiger partial charge in [0, 0.05) is 37.9 Å². The second-order valence-corrected chi connectivity index (χ2v) is 9.53. The minimum Gasteiger partial charge on any atom is -0.485 e. The number of ether oxygens (including phenoxy) is 1. The molecule has 7 nitrogen and oxygen atoms in total. The van der Waals surface area contributed by atoms with E-state index in [2.05, 4.69) is 9.88 Å². The zero-order valence-electron chi connectivity index (χ0n) is 20.5. The van der Waals surface area contributed by atoms with Gasteiger partial charge in [-0.25, -0.2) is 0 Å². The van der Waals surface area contributed by atoms with Crippen molar-refractivity contribution < 1.29 is 32.9 Å². The smallest absolute Gasteiger partial charge is 0.433 e. The largest absolute Gasteiger partial charge is 0.485 e. The van der Waals surface area contributed by atoms with Crippen LogP contribution in [0.15, 0.2) is 30.5 Å². The second kappa shape index (κ2) is 10.7. The molecule has 0 saturated carbocycles. The fourth-order valence-electron chi connectivity index (χ4n) is 5.26. The first-order chi connectivity index (χ1) is 17.1. The summed E-state index contributed by atoms with van der Waals surface area (Å²) in [6.45, 7) is 5.15. The lowest BCUT2D eigenvalue weighted by Gasteiger charge is -2.48. The van der Waals surface area contributed by atoms with Crippen LogP contribution in [0.25, 0.3) is 0 Å². The third-order valence-corrected chi connectivity index (χ3v) is 7.37. The molecule has 0 bridgehead atoms. The number of halogens is 3. The number of alkyl halides is 3. The number of carbonyl (C=O) groups is 1. The van der Waals surface area contributed by atoms with Crippen molar-refractivity contribution in [1.82, 2.24) is 14.8 Å². The molecule has 0 spiro atoms. The summed E-state index contributed by atoms with van der Waals surface area (Å²) in [5, 5.41) is 18.7. The maximum absolute atomic E-state index is 13.0. The average molecular weight is 508 g/mol. The summed E-state index contributed by atoms with van der Waals surface area (Å²) in [6, 6.07) is 6.32. The zero-order valence-corrected chi connectivity index (χ0v) is 20.5. The highest BCUT2D eigenvalue weighted by Crippen LogP contribution is 2.40. The van der Waals surface area contributed by atoms with Gasteiger partial charge in [0.1, 0.15) is 17.5 Å². The van der Waals surface area contributed by atoms with Gasteiger partial charge in [-0.1, -0.05) is 6.07 Å². The van der Waals surface area contributed by atoms with E-state index >= 15 is 0 Å². The van der Waals surface area contributed by atoms with Gasteiger partial charge in [-0.15, -0.1) is 0 Å². The quantitative estimate of drug-likeness (QED) is 0.623. The third-order valence-electron chi connectivity index (χ3n) is 7.37. The van der Waals surface area contributed by atoms with Crippen LogP contribution in [-0.4, -0.2) is 75.9 Å². The molecular weight excluding hydrogens is 475 g/mol. The Morgan fingerprint density at radius 1 is 1.11 bits per heavy atom. The number of benzene rings is 1. The number of aliphatic hydroxyl groups excluding tert-OH is 2. The highest BCUT2D eigenvalue weighted by molar-refractivity contribution is 5.94. The van der Waals surface area contributed by atoms with E-state index in [0.717, 1.165) is 42.7 Å². The van der Waals surface area contributed by atoms with Gasteiger partial charge in [-0.2, -0.15) is 13.2 Å². The van der Waals surface area contributed by atoms with Gasteiger partial charge in [-0.05, 0) is 68.0 Å². The van der Waals surface area contributed by atoms with Crippen LogP contribution in [0.3, 0.4) is 0 Å². The molecule has 4 rings (SSSR count). The summed E-state index contributed by atoms with van der Waals surface area (Å²) >= 11 is 0. The number of hydrogen-bond donors (Lipinski definition) is 2. The maximum Gasteiger partial charge on any atom is 0.433 e. The van der Waals surface area contributed by atoms with Crippen LogP contribution in [0.5, 0.6) is 5.75 Å². The van der Waals surface area contributed by atoms with Crippen molar-refractivity contribution in [3.8, 4) is 5.75 Å². The van der Waals surface area contributed by atoms with Crippen LogP contribution >= 0.6 is 0 Å². The normalized spacial score (nSPS) is 20.9. The van der Waals surface area contributed by atoms with E-state index in [1.165, 1.54) is 11.6 Å². The van der Waals surface area contributed by atoms with E-state index in [9.17, 15) is 28.2 Å². The molecule has 1 aromatic carbocycles. The Balaban J connectivity index is 1.47. The molecule has 196 valence electrons. The Bertz CT molecular complexity index is 1070. The molecule has 2 fully saturated rings. The maximum atomic E-state index is 13.0. The lowest BCUT2D eigenvalue weighted by Crippen LogP contribution is -2.57. The monoisotopic (exact) mass is 507 g/mol. The summed E-state index contributed by atoms with van der Waals surface area (Å²) in [5.74, 6) is 0.339. The van der Waals surface area contributed by atoms with Crippen LogP contribution in [0.4, 0.5) is 13.2 Å². The Morgan fingerprint density at radius 3 is 2.50 bits per heavy atom. The summed E-state index contributed by atoms with van der Waals surface area (Å²) in [5.41, 5.74) is 2.41. The van der Waals surface area contributed by atoms with Gasteiger partial charge >= 0.3 is 6.18 Å². The zero-order chi connectivity index (χ0) is 26.0. The van der Waals surface area contributed by atoms with E-state index in [-0.39, 0.29) is 36.8 Å². The van der Waals surface area contributed by atoms with Crippen LogP contribution in [0.2, 0.25) is 0 Å². The number of pyridine rings is 1. The van der Waals surface area contributed by atoms with Crippen LogP contribution in [-0.2, 0) is 6.18 Å². The number of fused-ring (bicyclic) bond motifs is 1. The molecular formula is C26H32F3N3O4. The highest BCUT2D eigenvalue weighted by Gasteiger charge is 2.38. The van der Waals surface area contributed by atoms with Crippen molar-refractivity contribution in [3.63, 3.8) is 0 Å². The average Bonchev–Trinajstić information content (AvgIpc) is 2.88. The molecule has 1 amide bonds. The Kier molecular flexibility index (Phi) is 7.87. The minimum absolute atomic E-state index is 0.160. The van der Waals surface area contributed by atoms with Gasteiger partial charge in [0.2, 0.25) is 0 Å². The van der Waals surface area contributed by atoms with Gasteiger partial charge in [0.05, 0.1) is 18.8 Å². The molecule has 2 aromatic rings. The van der Waals surface area contributed by atoms with Crippen molar-refractivity contribution in [3.05, 3.63) is 58.4 Å². The second-order valence-electron chi connectivity index (χ2n) is 9.53. The Hall–Kier alpha value is -2.69. The van der Waals surface area contributed by atoms with Crippen molar-refractivity contribution >= 4 is 5.91 Å². The number of carbonyl (C=O) groups excluding carboxylic acids is 1. The predicted molar refractivity (Wildman–Crippen MR) is 127 cm³/mol. The molecule has 36 heavy (non-hydrogen) atoms. The number of aliphatic hydroxyl groups is 2. The Morgan fingerprint density at radius 2 is 1.86 bits per heavy atom. The van der Waals surface area contributed by atoms with Crippen molar-refractivity contribution in [2.45, 2.75) is 57.5 Å². The van der Waals surface area contributed by atoms with Crippen LogP contribution in [0, 0.1) is 13.8 Å². The van der Waals surface area contributed by atoms with Crippen LogP contribution < -0.4 is 4.74 Å². The van der Waals surface area contributed by atoms with Gasteiger partial charge in [0.15, 0.2) is 0 Å². The summed E-state index contributed by atoms with van der Waals surface area (Å²) in [4.78, 5) is 20.6. The number of piperazine rings is 1. The molecule has 0 radical (unpaired) electrons. The first-order valence-electron chi connectivity index (χ1n) is 12.2. The fourth-order valence-corrected chi connectivity index (χ4v) is 5.26. The predicted octanol–water partition coefficient (Wildman–Crippen LogP) is 3.50. The van der Waals surface area contributed by atoms with Gasteiger partial charge in [0.25, 0.3) is 5.91 Å². The molecule has 2 N–H and O–H groups in total. The third kappa shape index (κ3) is 5.35. The molecule has 2 aliphatic heterocycles. The minimum atomic E-state index is -4.54. The number of aromatic nitrogens is 1. The fraction of sp³-hybridized carbons (Fsp3) is 0.538. The highest BCUT2D eigenvalue weighted by atomic mass is 19.4. The lowest BCUT2D eigenvalue weighted by molar-refractivity contribution is -0.141. The number of piperidine rings is 1. The molecule has 10 heteroatoms. The summed E-state index contributed by atoms with van der Waals surface area (Å²) < 4.78 is 44.2. The number of amides is 1. The molecule has 0 aliphatic carbocycles. The SMILES string of the molecule is Cc1c(OC(CO)CO)ccc([C@H]2CCCC3CN(C(=O)c4ccc(C(F)(F)F)nc4)CCN32)c1C. The van der Waals surface area contributed by atoms with Gasteiger partial charge in [-0.3, -0.25) is 14.7 Å². The number of hydrogen-bond acceptors (Lipinski definition) is 6. The molecule has 2 saturated heterocycles. The van der Waals surface area contributed by atoms with E-state index in [1.54, 1.807) is 4.90 Å². The van der Waals surface area contributed by atoms with Crippen molar-refractivity contribution in [2.24, 2.45) is 0 Å². The van der Waals surface area contributed by atoms with Gasteiger partial charge < -0.3 is 19.8 Å². The van der Waals surface area contributed by atoms with E-state index in [0.29, 0.717) is 25.4 Å². The summed E-state index contributed by atoms with van der Waals surface area (Å²) in [6.07, 6.45) is -1.26. The van der Waals surface area contributed by atoms with Crippen molar-refractivity contribution in [1.29, 1.82) is 0 Å². The topological polar surface area (TPSA) is 86.1 Å².